The molecule has 3 rings (SSSR count). The molecule has 128 valence electrons. The minimum atomic E-state index is -4.48. The van der Waals surface area contributed by atoms with Gasteiger partial charge in [-0.3, -0.25) is 4.79 Å². The predicted octanol–water partition coefficient (Wildman–Crippen LogP) is 2.60. The number of fused-ring (bicyclic) bond motifs is 1. The highest BCUT2D eigenvalue weighted by atomic mass is 19.4. The van der Waals surface area contributed by atoms with Crippen molar-refractivity contribution in [2.75, 3.05) is 6.54 Å². The number of aromatic nitrogens is 2. The maximum atomic E-state index is 12.8. The molecule has 1 amide bonds. The minimum Gasteiger partial charge on any atom is -0.335 e. The summed E-state index contributed by atoms with van der Waals surface area (Å²) >= 11 is 0. The predicted molar refractivity (Wildman–Crippen MR) is 77.5 cm³/mol. The van der Waals surface area contributed by atoms with Gasteiger partial charge in [0, 0.05) is 38.8 Å². The normalized spacial score (nSPS) is 18.2. The summed E-state index contributed by atoms with van der Waals surface area (Å²) in [5.41, 5.74) is -0.131. The molecule has 24 heavy (non-hydrogen) atoms. The van der Waals surface area contributed by atoms with Crippen LogP contribution >= 0.6 is 0 Å². The largest absolute Gasteiger partial charge is 0.449 e. The Balaban J connectivity index is 1.57. The molecule has 0 unspecified atom stereocenters. The van der Waals surface area contributed by atoms with Crippen molar-refractivity contribution >= 4 is 5.91 Å². The molecule has 0 saturated carbocycles. The van der Waals surface area contributed by atoms with Crippen molar-refractivity contribution in [3.63, 3.8) is 0 Å². The molecule has 0 spiro atoms. The van der Waals surface area contributed by atoms with Crippen LogP contribution in [0.1, 0.15) is 37.2 Å². The molecule has 0 atom stereocenters. The van der Waals surface area contributed by atoms with Gasteiger partial charge in [-0.1, -0.05) is 0 Å². The van der Waals surface area contributed by atoms with Crippen LogP contribution in [0.15, 0.2) is 16.4 Å². The second-order valence-electron chi connectivity index (χ2n) is 5.92. The van der Waals surface area contributed by atoms with Crippen molar-refractivity contribution in [3.05, 3.63) is 17.7 Å². The van der Waals surface area contributed by atoms with Gasteiger partial charge < -0.3 is 9.47 Å². The van der Waals surface area contributed by atoms with Crippen LogP contribution in [0.4, 0.5) is 13.2 Å². The molecule has 2 aliphatic heterocycles. The van der Waals surface area contributed by atoms with E-state index in [9.17, 15) is 18.0 Å². The van der Waals surface area contributed by atoms with Crippen molar-refractivity contribution < 1.29 is 18.0 Å². The van der Waals surface area contributed by atoms with E-state index in [0.29, 0.717) is 25.0 Å². The van der Waals surface area contributed by atoms with Crippen LogP contribution in [0.25, 0.3) is 0 Å². The van der Waals surface area contributed by atoms with Crippen LogP contribution < -0.4 is 0 Å². The Morgan fingerprint density at radius 3 is 2.71 bits per heavy atom. The summed E-state index contributed by atoms with van der Waals surface area (Å²) in [5.74, 6) is 1.50. The summed E-state index contributed by atoms with van der Waals surface area (Å²) in [7, 11) is 0. The van der Waals surface area contributed by atoms with E-state index in [-0.39, 0.29) is 32.0 Å². The first-order valence-electron chi connectivity index (χ1n) is 7.61. The van der Waals surface area contributed by atoms with E-state index in [4.69, 9.17) is 6.42 Å². The Hall–Kier alpha value is -2.37. The number of carbonyl (C=O) groups excluding carboxylic acids is 1. The lowest BCUT2D eigenvalue weighted by Crippen LogP contribution is -2.39. The quantitative estimate of drug-likeness (QED) is 0.774. The first-order valence-corrected chi connectivity index (χ1v) is 7.61. The number of hydrogen-bond acceptors (Lipinski definition) is 4. The Morgan fingerprint density at radius 2 is 2.08 bits per heavy atom. The van der Waals surface area contributed by atoms with Crippen LogP contribution in [-0.2, 0) is 24.1 Å². The molecule has 0 aromatic carbocycles. The summed E-state index contributed by atoms with van der Waals surface area (Å²) in [6.45, 7) is 0.456. The highest BCUT2D eigenvalue weighted by Crippen LogP contribution is 2.38. The first kappa shape index (κ1) is 16.5. The van der Waals surface area contributed by atoms with Gasteiger partial charge in [0.15, 0.2) is 5.66 Å². The fraction of sp³-hybridized carbons (Fsp3) is 0.600. The molecule has 0 N–H and O–H groups in total. The number of rotatable bonds is 5. The molecule has 0 radical (unpaired) electrons. The summed E-state index contributed by atoms with van der Waals surface area (Å²) in [6, 6.07) is 0. The van der Waals surface area contributed by atoms with Crippen molar-refractivity contribution in [1.82, 2.24) is 14.5 Å². The third-order valence-corrected chi connectivity index (χ3v) is 4.28. The molecule has 6 nitrogen and oxygen atoms in total. The van der Waals surface area contributed by atoms with E-state index in [1.807, 2.05) is 0 Å². The zero-order valence-electron chi connectivity index (χ0n) is 12.9. The smallest absolute Gasteiger partial charge is 0.335 e. The number of amides is 1. The second-order valence-corrected chi connectivity index (χ2v) is 5.92. The highest BCUT2D eigenvalue weighted by Gasteiger charge is 2.41. The maximum Gasteiger partial charge on any atom is 0.449 e. The molecule has 0 saturated heterocycles. The van der Waals surface area contributed by atoms with Crippen molar-refractivity contribution in [2.45, 2.75) is 50.6 Å². The Morgan fingerprint density at radius 1 is 1.33 bits per heavy atom. The van der Waals surface area contributed by atoms with E-state index in [2.05, 4.69) is 21.1 Å². The number of imidazole rings is 1. The van der Waals surface area contributed by atoms with Crippen molar-refractivity contribution in [1.29, 1.82) is 0 Å². The van der Waals surface area contributed by atoms with Gasteiger partial charge in [0.2, 0.25) is 11.7 Å². The standard InChI is InChI=1S/C15H16F3N5O/c1-2-3-5-14(20-21-14)6-4-12(24)22-7-8-23-11(10-22)9-19-13(23)15(16,17)18/h1,9H,3-8,10H2. The molecule has 0 bridgehead atoms. The van der Waals surface area contributed by atoms with Crippen LogP contribution in [0.5, 0.6) is 0 Å². The van der Waals surface area contributed by atoms with Crippen molar-refractivity contribution in [2.24, 2.45) is 10.2 Å². The summed E-state index contributed by atoms with van der Waals surface area (Å²) in [5, 5.41) is 7.95. The average Bonchev–Trinajstić information content (AvgIpc) is 3.17. The molecule has 2 aliphatic rings. The third-order valence-electron chi connectivity index (χ3n) is 4.28. The number of halogens is 3. The van der Waals surface area contributed by atoms with Gasteiger partial charge in [-0.05, 0) is 0 Å². The Bertz CT molecular complexity index is 710. The molecule has 0 fully saturated rings. The van der Waals surface area contributed by atoms with Crippen LogP contribution in [-0.4, -0.2) is 32.6 Å². The third kappa shape index (κ3) is 3.27. The zero-order valence-corrected chi connectivity index (χ0v) is 12.9. The van der Waals surface area contributed by atoms with Gasteiger partial charge in [0.1, 0.15) is 0 Å². The molecular weight excluding hydrogens is 323 g/mol. The van der Waals surface area contributed by atoms with Crippen LogP contribution in [0.3, 0.4) is 0 Å². The van der Waals surface area contributed by atoms with E-state index in [0.717, 1.165) is 4.57 Å². The molecular formula is C15H16F3N5O. The van der Waals surface area contributed by atoms with Gasteiger partial charge in [0.05, 0.1) is 18.4 Å². The van der Waals surface area contributed by atoms with E-state index in [1.165, 1.54) is 6.20 Å². The molecule has 9 heteroatoms. The zero-order chi connectivity index (χ0) is 17.4. The van der Waals surface area contributed by atoms with Crippen LogP contribution in [0.2, 0.25) is 0 Å². The fourth-order valence-corrected chi connectivity index (χ4v) is 2.85. The SMILES string of the molecule is C#CCCC1(CCC(=O)N2CCn3c(cnc3C(F)(F)F)C2)N=N1. The lowest BCUT2D eigenvalue weighted by Gasteiger charge is -2.29. The monoisotopic (exact) mass is 339 g/mol. The molecule has 1 aromatic heterocycles. The van der Waals surface area contributed by atoms with Crippen molar-refractivity contribution in [3.8, 4) is 12.3 Å². The van der Waals surface area contributed by atoms with Gasteiger partial charge >= 0.3 is 6.18 Å². The number of carbonyl (C=O) groups is 1. The van der Waals surface area contributed by atoms with Gasteiger partial charge in [-0.15, -0.1) is 12.3 Å². The molecule has 0 aliphatic carbocycles. The first-order chi connectivity index (χ1) is 11.3. The summed E-state index contributed by atoms with van der Waals surface area (Å²) < 4.78 is 39.6. The highest BCUT2D eigenvalue weighted by molar-refractivity contribution is 5.76. The van der Waals surface area contributed by atoms with Gasteiger partial charge in [0.25, 0.3) is 0 Å². The number of hydrogen-bond donors (Lipinski definition) is 0. The Kier molecular flexibility index (Phi) is 4.07. The van der Waals surface area contributed by atoms with Gasteiger partial charge in [-0.25, -0.2) is 4.98 Å². The van der Waals surface area contributed by atoms with E-state index in [1.54, 1.807) is 4.90 Å². The lowest BCUT2D eigenvalue weighted by atomic mass is 10.0. The average molecular weight is 339 g/mol. The summed E-state index contributed by atoms with van der Waals surface area (Å²) in [4.78, 5) is 17.3. The summed E-state index contributed by atoms with van der Waals surface area (Å²) in [6.07, 6.45) is 3.82. The minimum absolute atomic E-state index is 0.0902. The fourth-order valence-electron chi connectivity index (χ4n) is 2.85. The Labute approximate surface area is 136 Å². The number of nitrogens with zero attached hydrogens (tertiary/aromatic N) is 5. The molecule has 1 aromatic rings. The second kappa shape index (κ2) is 5.92. The molecule has 3 heterocycles. The topological polar surface area (TPSA) is 62.9 Å². The number of terminal acetylenes is 1. The maximum absolute atomic E-state index is 12.8. The van der Waals surface area contributed by atoms with Crippen LogP contribution in [0, 0.1) is 12.3 Å². The van der Waals surface area contributed by atoms with Gasteiger partial charge in [-0.2, -0.15) is 23.4 Å². The number of alkyl halides is 3. The van der Waals surface area contributed by atoms with E-state index < -0.39 is 17.7 Å². The lowest BCUT2D eigenvalue weighted by molar-refractivity contribution is -0.148. The van der Waals surface area contributed by atoms with E-state index >= 15 is 0 Å².